The van der Waals surface area contributed by atoms with Crippen molar-refractivity contribution in [2.24, 2.45) is 0 Å². The van der Waals surface area contributed by atoms with Crippen LogP contribution in [0.4, 0.5) is 14.9 Å². The largest absolute Gasteiger partial charge is 0.490 e. The summed E-state index contributed by atoms with van der Waals surface area (Å²) in [7, 11) is 0. The lowest BCUT2D eigenvalue weighted by Gasteiger charge is -2.26. The van der Waals surface area contributed by atoms with E-state index >= 15 is 0 Å². The Labute approximate surface area is 216 Å². The summed E-state index contributed by atoms with van der Waals surface area (Å²) < 4.78 is 25.4. The molecule has 0 bridgehead atoms. The third-order valence-electron chi connectivity index (χ3n) is 5.16. The molecule has 3 aromatic carbocycles. The number of rotatable bonds is 7. The fourth-order valence-corrected chi connectivity index (χ4v) is 3.89. The van der Waals surface area contributed by atoms with Gasteiger partial charge in [0.2, 0.25) is 0 Å². The van der Waals surface area contributed by atoms with Gasteiger partial charge in [0, 0.05) is 10.6 Å². The van der Waals surface area contributed by atoms with Gasteiger partial charge in [0.05, 0.1) is 17.3 Å². The molecule has 1 saturated heterocycles. The topological polar surface area (TPSA) is 84.9 Å². The molecule has 0 saturated carbocycles. The minimum Gasteiger partial charge on any atom is -0.490 e. The van der Waals surface area contributed by atoms with Crippen LogP contribution in [0, 0.1) is 5.82 Å². The van der Waals surface area contributed by atoms with E-state index in [0.717, 1.165) is 4.90 Å². The summed E-state index contributed by atoms with van der Waals surface area (Å²) in [5.41, 5.74) is 0.637. The van der Waals surface area contributed by atoms with Gasteiger partial charge in [-0.05, 0) is 61.0 Å². The van der Waals surface area contributed by atoms with E-state index in [1.54, 1.807) is 25.1 Å². The first-order valence-electron chi connectivity index (χ1n) is 10.8. The molecule has 1 aliphatic heterocycles. The zero-order valence-corrected chi connectivity index (χ0v) is 20.4. The van der Waals surface area contributed by atoms with E-state index < -0.39 is 23.7 Å². The van der Waals surface area contributed by atoms with Gasteiger partial charge in [-0.25, -0.2) is 14.1 Å². The highest BCUT2D eigenvalue weighted by molar-refractivity contribution is 6.39. The summed E-state index contributed by atoms with van der Waals surface area (Å²) in [6, 6.07) is 14.3. The quantitative estimate of drug-likeness (QED) is 0.310. The molecule has 0 aromatic heterocycles. The summed E-state index contributed by atoms with van der Waals surface area (Å²) in [5, 5.41) is 2.70. The lowest BCUT2D eigenvalue weighted by atomic mass is 10.1. The van der Waals surface area contributed by atoms with Gasteiger partial charge in [-0.3, -0.25) is 14.9 Å². The summed E-state index contributed by atoms with van der Waals surface area (Å²) in [5.74, 6) is -1.68. The SMILES string of the molecule is CCOc1cc(/C=C2/C(=O)NC(=O)N(c3ccc(Cl)cc3)C2=O)cc(Cl)c1OCc1ccccc1F. The van der Waals surface area contributed by atoms with Crippen molar-refractivity contribution in [2.45, 2.75) is 13.5 Å². The number of barbiturate groups is 1. The van der Waals surface area contributed by atoms with Crippen LogP contribution in [0.5, 0.6) is 11.5 Å². The van der Waals surface area contributed by atoms with Crippen LogP contribution in [0.3, 0.4) is 0 Å². The van der Waals surface area contributed by atoms with Crippen molar-refractivity contribution in [2.75, 3.05) is 11.5 Å². The number of imide groups is 2. The number of amides is 4. The molecule has 7 nitrogen and oxygen atoms in total. The summed E-state index contributed by atoms with van der Waals surface area (Å²) >= 11 is 12.3. The van der Waals surface area contributed by atoms with Crippen LogP contribution in [-0.4, -0.2) is 24.5 Å². The summed E-state index contributed by atoms with van der Waals surface area (Å²) in [4.78, 5) is 38.8. The number of ether oxygens (including phenoxy) is 2. The fraction of sp³-hybridized carbons (Fsp3) is 0.115. The third kappa shape index (κ3) is 5.35. The van der Waals surface area contributed by atoms with Crippen molar-refractivity contribution < 1.29 is 28.2 Å². The number of urea groups is 1. The predicted octanol–water partition coefficient (Wildman–Crippen LogP) is 5.78. The average molecular weight is 529 g/mol. The minimum absolute atomic E-state index is 0.0913. The van der Waals surface area contributed by atoms with Gasteiger partial charge in [0.1, 0.15) is 18.0 Å². The van der Waals surface area contributed by atoms with E-state index in [2.05, 4.69) is 5.32 Å². The zero-order valence-electron chi connectivity index (χ0n) is 18.9. The second-order valence-electron chi connectivity index (χ2n) is 7.58. The van der Waals surface area contributed by atoms with Gasteiger partial charge in [-0.1, -0.05) is 41.4 Å². The first-order valence-corrected chi connectivity index (χ1v) is 11.5. The fourth-order valence-electron chi connectivity index (χ4n) is 3.49. The first kappa shape index (κ1) is 25.2. The highest BCUT2D eigenvalue weighted by atomic mass is 35.5. The number of nitrogens with one attached hydrogen (secondary N) is 1. The molecular weight excluding hydrogens is 510 g/mol. The van der Waals surface area contributed by atoms with Gasteiger partial charge >= 0.3 is 6.03 Å². The van der Waals surface area contributed by atoms with Gasteiger partial charge < -0.3 is 9.47 Å². The van der Waals surface area contributed by atoms with Crippen LogP contribution in [0.2, 0.25) is 10.0 Å². The Kier molecular flexibility index (Phi) is 7.57. The maximum absolute atomic E-state index is 14.0. The van der Waals surface area contributed by atoms with Gasteiger partial charge in [-0.15, -0.1) is 0 Å². The molecule has 1 aliphatic rings. The van der Waals surface area contributed by atoms with Gasteiger partial charge in [-0.2, -0.15) is 0 Å². The molecule has 1 heterocycles. The lowest BCUT2D eigenvalue weighted by molar-refractivity contribution is -0.122. The Hall–Kier alpha value is -3.88. The number of halogens is 3. The molecule has 4 amide bonds. The van der Waals surface area contributed by atoms with Crippen molar-refractivity contribution in [3.63, 3.8) is 0 Å². The Balaban J connectivity index is 1.66. The molecule has 3 aromatic rings. The molecule has 4 rings (SSSR count). The predicted molar refractivity (Wildman–Crippen MR) is 134 cm³/mol. The Morgan fingerprint density at radius 2 is 1.72 bits per heavy atom. The maximum Gasteiger partial charge on any atom is 0.335 e. The number of hydrogen-bond acceptors (Lipinski definition) is 5. The highest BCUT2D eigenvalue weighted by Gasteiger charge is 2.36. The van der Waals surface area contributed by atoms with Crippen molar-refractivity contribution in [3.05, 3.63) is 93.2 Å². The average Bonchev–Trinajstić information content (AvgIpc) is 2.83. The van der Waals surface area contributed by atoms with E-state index in [4.69, 9.17) is 32.7 Å². The minimum atomic E-state index is -0.880. The van der Waals surface area contributed by atoms with Crippen molar-refractivity contribution in [3.8, 4) is 11.5 Å². The Morgan fingerprint density at radius 1 is 1.00 bits per heavy atom. The molecule has 36 heavy (non-hydrogen) atoms. The van der Waals surface area contributed by atoms with E-state index in [-0.39, 0.29) is 41.0 Å². The number of nitrogens with zero attached hydrogens (tertiary/aromatic N) is 1. The smallest absolute Gasteiger partial charge is 0.335 e. The molecule has 10 heteroatoms. The van der Waals surface area contributed by atoms with Crippen molar-refractivity contribution in [1.82, 2.24) is 5.32 Å². The molecule has 0 radical (unpaired) electrons. The summed E-state index contributed by atoms with van der Waals surface area (Å²) in [6.07, 6.45) is 1.29. The van der Waals surface area contributed by atoms with Crippen LogP contribution in [0.1, 0.15) is 18.1 Å². The number of hydrogen-bond donors (Lipinski definition) is 1. The molecule has 184 valence electrons. The molecule has 0 spiro atoms. The van der Waals surface area contributed by atoms with Crippen LogP contribution < -0.4 is 19.7 Å². The van der Waals surface area contributed by atoms with Crippen LogP contribution in [-0.2, 0) is 16.2 Å². The second kappa shape index (κ2) is 10.8. The van der Waals surface area contributed by atoms with Crippen LogP contribution in [0.25, 0.3) is 6.08 Å². The number of anilines is 1. The van der Waals surface area contributed by atoms with Crippen LogP contribution in [0.15, 0.2) is 66.2 Å². The van der Waals surface area contributed by atoms with Crippen LogP contribution >= 0.6 is 23.2 Å². The highest BCUT2D eigenvalue weighted by Crippen LogP contribution is 2.38. The summed E-state index contributed by atoms with van der Waals surface area (Å²) in [6.45, 7) is 1.93. The standard InChI is InChI=1S/C26H19Cl2FN2O5/c1-2-35-22-13-15(12-20(28)23(22)36-14-16-5-3-4-6-21(16)29)11-19-24(32)30-26(34)31(25(19)33)18-9-7-17(27)8-10-18/h3-13H,2,14H2,1H3,(H,30,32,34)/b19-11-. The molecule has 1 fully saturated rings. The van der Waals surface area contributed by atoms with E-state index in [9.17, 15) is 18.8 Å². The number of carbonyl (C=O) groups excluding carboxylic acids is 3. The molecule has 1 N–H and O–H groups in total. The number of carbonyl (C=O) groups is 3. The maximum atomic E-state index is 14.0. The lowest BCUT2D eigenvalue weighted by Crippen LogP contribution is -2.54. The monoisotopic (exact) mass is 528 g/mol. The molecule has 0 atom stereocenters. The van der Waals surface area contributed by atoms with Gasteiger partial charge in [0.25, 0.3) is 11.8 Å². The molecule has 0 aliphatic carbocycles. The molecule has 0 unspecified atom stereocenters. The van der Waals surface area contributed by atoms with Gasteiger partial charge in [0.15, 0.2) is 11.5 Å². The van der Waals surface area contributed by atoms with E-state index in [1.165, 1.54) is 48.5 Å². The Morgan fingerprint density at radius 3 is 2.42 bits per heavy atom. The van der Waals surface area contributed by atoms with E-state index in [1.807, 2.05) is 0 Å². The third-order valence-corrected chi connectivity index (χ3v) is 5.69. The molecular formula is C26H19Cl2FN2O5. The van der Waals surface area contributed by atoms with Crippen molar-refractivity contribution >= 4 is 52.8 Å². The number of benzene rings is 3. The zero-order chi connectivity index (χ0) is 25.8. The normalized spacial score (nSPS) is 14.7. The first-order chi connectivity index (χ1) is 17.3. The van der Waals surface area contributed by atoms with Crippen molar-refractivity contribution in [1.29, 1.82) is 0 Å². The Bertz CT molecular complexity index is 1380. The second-order valence-corrected chi connectivity index (χ2v) is 8.42. The van der Waals surface area contributed by atoms with E-state index in [0.29, 0.717) is 16.1 Å².